The number of benzene rings is 1. The van der Waals surface area contributed by atoms with E-state index >= 15 is 0 Å². The van der Waals surface area contributed by atoms with Crippen molar-refractivity contribution in [2.75, 3.05) is 12.3 Å². The van der Waals surface area contributed by atoms with E-state index in [0.717, 1.165) is 0 Å². The van der Waals surface area contributed by atoms with E-state index in [4.69, 9.17) is 5.73 Å². The van der Waals surface area contributed by atoms with Gasteiger partial charge in [0.15, 0.2) is 5.78 Å². The summed E-state index contributed by atoms with van der Waals surface area (Å²) in [4.78, 5) is 11.2. The summed E-state index contributed by atoms with van der Waals surface area (Å²) in [7, 11) is 0. The first-order valence-electron chi connectivity index (χ1n) is 4.90. The molecule has 0 bridgehead atoms. The van der Waals surface area contributed by atoms with Crippen LogP contribution in [0.1, 0.15) is 22.0 Å². The molecule has 0 aliphatic rings. The molecular weight excluding hydrogens is 226 g/mol. The normalized spacial score (nSPS) is 14.5. The number of nitrogens with two attached hydrogens (primary N) is 1. The lowest BCUT2D eigenvalue weighted by atomic mass is 10.0. The van der Waals surface area contributed by atoms with Crippen LogP contribution < -0.4 is 5.73 Å². The molecule has 2 atom stereocenters. The van der Waals surface area contributed by atoms with Gasteiger partial charge in [0, 0.05) is 11.3 Å². The molecule has 5 heteroatoms. The predicted molar refractivity (Wildman–Crippen MR) is 64.6 cm³/mol. The Bertz CT molecular complexity index is 353. The Balaban J connectivity index is 2.82. The lowest BCUT2D eigenvalue weighted by Crippen LogP contribution is -2.20. The minimum Gasteiger partial charge on any atom is -0.389 e. The molecule has 0 radical (unpaired) electrons. The Morgan fingerprint density at radius 1 is 1.31 bits per heavy atom. The first-order chi connectivity index (χ1) is 7.60. The van der Waals surface area contributed by atoms with Gasteiger partial charge in [0.05, 0.1) is 12.6 Å². The Hall–Kier alpha value is -0.880. The molecule has 0 spiro atoms. The van der Waals surface area contributed by atoms with Gasteiger partial charge in [-0.2, -0.15) is 12.6 Å². The van der Waals surface area contributed by atoms with Gasteiger partial charge in [-0.1, -0.05) is 24.3 Å². The molecule has 0 amide bonds. The zero-order chi connectivity index (χ0) is 12.1. The third kappa shape index (κ3) is 3.05. The lowest BCUT2D eigenvalue weighted by Gasteiger charge is -2.16. The van der Waals surface area contributed by atoms with Crippen molar-refractivity contribution in [1.29, 1.82) is 0 Å². The van der Waals surface area contributed by atoms with E-state index < -0.39 is 12.2 Å². The molecule has 0 heterocycles. The third-order valence-electron chi connectivity index (χ3n) is 2.31. The van der Waals surface area contributed by atoms with Crippen LogP contribution in [0, 0.1) is 0 Å². The van der Waals surface area contributed by atoms with Gasteiger partial charge in [0.25, 0.3) is 0 Å². The highest BCUT2D eigenvalue weighted by molar-refractivity contribution is 7.80. The highest BCUT2D eigenvalue weighted by Gasteiger charge is 2.16. The summed E-state index contributed by atoms with van der Waals surface area (Å²) in [6, 6.07) is 6.36. The van der Waals surface area contributed by atoms with Crippen molar-refractivity contribution in [2.45, 2.75) is 12.2 Å². The summed E-state index contributed by atoms with van der Waals surface area (Å²) in [5.74, 6) is 0.0146. The van der Waals surface area contributed by atoms with Gasteiger partial charge in [-0.05, 0) is 5.56 Å². The van der Waals surface area contributed by atoms with Crippen LogP contribution in [0.5, 0.6) is 0 Å². The van der Waals surface area contributed by atoms with Crippen LogP contribution in [0.4, 0.5) is 0 Å². The van der Waals surface area contributed by atoms with Crippen molar-refractivity contribution in [3.63, 3.8) is 0 Å². The molecule has 16 heavy (non-hydrogen) atoms. The van der Waals surface area contributed by atoms with E-state index in [1.54, 1.807) is 24.3 Å². The van der Waals surface area contributed by atoms with E-state index in [2.05, 4.69) is 12.6 Å². The van der Waals surface area contributed by atoms with Crippen molar-refractivity contribution >= 4 is 18.4 Å². The van der Waals surface area contributed by atoms with Gasteiger partial charge in [-0.3, -0.25) is 4.79 Å². The fraction of sp³-hybridized carbons (Fsp3) is 0.364. The summed E-state index contributed by atoms with van der Waals surface area (Å²) in [6.45, 7) is -0.0405. The molecule has 4 nitrogen and oxygen atoms in total. The van der Waals surface area contributed by atoms with Crippen LogP contribution in [0.3, 0.4) is 0 Å². The lowest BCUT2D eigenvalue weighted by molar-refractivity contribution is 0.0337. The van der Waals surface area contributed by atoms with Crippen LogP contribution in [-0.2, 0) is 0 Å². The molecule has 88 valence electrons. The molecule has 1 aromatic carbocycles. The fourth-order valence-corrected chi connectivity index (χ4v) is 1.51. The van der Waals surface area contributed by atoms with Gasteiger partial charge in [0.2, 0.25) is 0 Å². The minimum absolute atomic E-state index is 0.0405. The van der Waals surface area contributed by atoms with E-state index in [9.17, 15) is 15.0 Å². The molecule has 0 saturated carbocycles. The Kier molecular flexibility index (Phi) is 4.95. The van der Waals surface area contributed by atoms with Gasteiger partial charge >= 0.3 is 0 Å². The summed E-state index contributed by atoms with van der Waals surface area (Å²) < 4.78 is 0. The van der Waals surface area contributed by atoms with Crippen LogP contribution in [0.2, 0.25) is 0 Å². The standard InChI is InChI=1S/C11H15NO3S/c12-5-9(13)7-1-3-8(4-2-7)11(15)10(14)6-16/h1-4,10-11,14-16H,5-6,12H2. The number of aliphatic hydroxyl groups is 2. The molecule has 0 aromatic heterocycles. The highest BCUT2D eigenvalue weighted by atomic mass is 32.1. The highest BCUT2D eigenvalue weighted by Crippen LogP contribution is 2.18. The summed E-state index contributed by atoms with van der Waals surface area (Å²) in [6.07, 6.45) is -1.90. The van der Waals surface area contributed by atoms with Gasteiger partial charge in [-0.25, -0.2) is 0 Å². The predicted octanol–water partition coefficient (Wildman–Crippen LogP) is 0.152. The number of aliphatic hydroxyl groups excluding tert-OH is 2. The molecule has 4 N–H and O–H groups in total. The van der Waals surface area contributed by atoms with E-state index in [0.29, 0.717) is 11.1 Å². The van der Waals surface area contributed by atoms with Gasteiger partial charge in [0.1, 0.15) is 6.10 Å². The molecule has 0 fully saturated rings. The number of carbonyl (C=O) groups excluding carboxylic acids is 1. The van der Waals surface area contributed by atoms with Crippen molar-refractivity contribution < 1.29 is 15.0 Å². The van der Waals surface area contributed by atoms with Crippen molar-refractivity contribution in [3.8, 4) is 0 Å². The number of Topliss-reactive ketones (excluding diaryl/α,β-unsaturated/α-hetero) is 1. The fourth-order valence-electron chi connectivity index (χ4n) is 1.31. The molecule has 0 aliphatic heterocycles. The number of hydrogen-bond donors (Lipinski definition) is 4. The Labute approximate surface area is 99.5 Å². The first kappa shape index (κ1) is 13.2. The Morgan fingerprint density at radius 3 is 2.31 bits per heavy atom. The zero-order valence-electron chi connectivity index (χ0n) is 8.71. The average molecular weight is 241 g/mol. The van der Waals surface area contributed by atoms with E-state index in [1.807, 2.05) is 0 Å². The van der Waals surface area contributed by atoms with E-state index in [1.165, 1.54) is 0 Å². The van der Waals surface area contributed by atoms with Crippen molar-refractivity contribution in [1.82, 2.24) is 0 Å². The maximum Gasteiger partial charge on any atom is 0.176 e. The summed E-state index contributed by atoms with van der Waals surface area (Å²) >= 11 is 3.89. The molecule has 0 aliphatic carbocycles. The average Bonchev–Trinajstić information content (AvgIpc) is 2.36. The second kappa shape index (κ2) is 6.00. The third-order valence-corrected chi connectivity index (χ3v) is 2.69. The zero-order valence-corrected chi connectivity index (χ0v) is 9.60. The summed E-state index contributed by atoms with van der Waals surface area (Å²) in [5, 5.41) is 19.1. The van der Waals surface area contributed by atoms with Crippen molar-refractivity contribution in [3.05, 3.63) is 35.4 Å². The first-order valence-corrected chi connectivity index (χ1v) is 5.53. The number of rotatable bonds is 5. The second-order valence-electron chi connectivity index (χ2n) is 3.44. The topological polar surface area (TPSA) is 83.6 Å². The number of carbonyl (C=O) groups is 1. The quantitative estimate of drug-likeness (QED) is 0.437. The maximum absolute atomic E-state index is 11.2. The SMILES string of the molecule is NCC(=O)c1ccc(C(O)C(O)CS)cc1. The van der Waals surface area contributed by atoms with Crippen LogP contribution >= 0.6 is 12.6 Å². The monoisotopic (exact) mass is 241 g/mol. The second-order valence-corrected chi connectivity index (χ2v) is 3.81. The maximum atomic E-state index is 11.2. The van der Waals surface area contributed by atoms with Crippen LogP contribution in [0.15, 0.2) is 24.3 Å². The van der Waals surface area contributed by atoms with Crippen LogP contribution in [0.25, 0.3) is 0 Å². The molecular formula is C11H15NO3S. The molecule has 1 rings (SSSR count). The molecule has 0 saturated heterocycles. The number of ketones is 1. The van der Waals surface area contributed by atoms with Crippen LogP contribution in [-0.4, -0.2) is 34.4 Å². The van der Waals surface area contributed by atoms with Gasteiger partial charge in [-0.15, -0.1) is 0 Å². The number of hydrogen-bond acceptors (Lipinski definition) is 5. The number of thiol groups is 1. The van der Waals surface area contributed by atoms with E-state index in [-0.39, 0.29) is 18.1 Å². The van der Waals surface area contributed by atoms with Gasteiger partial charge < -0.3 is 15.9 Å². The summed E-state index contributed by atoms with van der Waals surface area (Å²) in [5.41, 5.74) is 6.27. The largest absolute Gasteiger partial charge is 0.389 e. The Morgan fingerprint density at radius 2 is 1.88 bits per heavy atom. The molecule has 1 aromatic rings. The molecule has 2 unspecified atom stereocenters. The van der Waals surface area contributed by atoms with Crippen molar-refractivity contribution in [2.24, 2.45) is 5.73 Å². The smallest absolute Gasteiger partial charge is 0.176 e. The minimum atomic E-state index is -0.987.